The van der Waals surface area contributed by atoms with Gasteiger partial charge in [-0.15, -0.1) is 13.2 Å². The first-order chi connectivity index (χ1) is 7.92. The summed E-state index contributed by atoms with van der Waals surface area (Å²) in [5.74, 6) is -0.624. The monoisotopic (exact) mass is 245 g/mol. The van der Waals surface area contributed by atoms with Crippen molar-refractivity contribution in [2.24, 2.45) is 0 Å². The van der Waals surface area contributed by atoms with Crippen molar-refractivity contribution in [1.82, 2.24) is 0 Å². The fourth-order valence-corrected chi connectivity index (χ4v) is 1.03. The number of hydrogen-bond acceptors (Lipinski definition) is 2. The van der Waals surface area contributed by atoms with Crippen LogP contribution < -0.4 is 4.74 Å². The van der Waals surface area contributed by atoms with Crippen molar-refractivity contribution in [3.05, 3.63) is 29.8 Å². The number of halogens is 3. The van der Waals surface area contributed by atoms with Gasteiger partial charge in [0.05, 0.1) is 12.0 Å². The van der Waals surface area contributed by atoms with Crippen molar-refractivity contribution in [3.8, 4) is 11.8 Å². The van der Waals surface area contributed by atoms with Gasteiger partial charge in [-0.2, -0.15) is 5.26 Å². The molecular formula is C12H14F3NO. The van der Waals surface area contributed by atoms with Crippen LogP contribution in [0.1, 0.15) is 32.3 Å². The summed E-state index contributed by atoms with van der Waals surface area (Å²) in [7, 11) is 0. The second-order valence-corrected chi connectivity index (χ2v) is 2.97. The molecule has 5 heteroatoms. The number of nitriles is 1. The van der Waals surface area contributed by atoms with Crippen molar-refractivity contribution in [2.75, 3.05) is 0 Å². The lowest BCUT2D eigenvalue weighted by Crippen LogP contribution is -2.17. The first-order valence-corrected chi connectivity index (χ1v) is 5.17. The van der Waals surface area contributed by atoms with Crippen LogP contribution in [0.5, 0.6) is 5.75 Å². The quantitative estimate of drug-likeness (QED) is 0.780. The lowest BCUT2D eigenvalue weighted by molar-refractivity contribution is -0.274. The van der Waals surface area contributed by atoms with Crippen LogP contribution in [0.15, 0.2) is 24.3 Å². The third kappa shape index (κ3) is 5.81. The van der Waals surface area contributed by atoms with E-state index in [-0.39, 0.29) is 11.7 Å². The van der Waals surface area contributed by atoms with E-state index in [2.05, 4.69) is 4.74 Å². The van der Waals surface area contributed by atoms with E-state index >= 15 is 0 Å². The summed E-state index contributed by atoms with van der Waals surface area (Å²) >= 11 is 0. The summed E-state index contributed by atoms with van der Waals surface area (Å²) in [6.45, 7) is 5.67. The van der Waals surface area contributed by atoms with Crippen LogP contribution in [0.4, 0.5) is 13.2 Å². The number of alkyl halides is 3. The topological polar surface area (TPSA) is 33.0 Å². The Bertz CT molecular complexity index is 365. The largest absolute Gasteiger partial charge is 0.573 e. The zero-order valence-corrected chi connectivity index (χ0v) is 9.88. The molecule has 17 heavy (non-hydrogen) atoms. The zero-order valence-electron chi connectivity index (χ0n) is 9.88. The molecule has 0 saturated carbocycles. The summed E-state index contributed by atoms with van der Waals surface area (Å²) in [5, 5.41) is 8.58. The van der Waals surface area contributed by atoms with Gasteiger partial charge in [0.1, 0.15) is 5.75 Å². The summed E-state index contributed by atoms with van der Waals surface area (Å²) in [6, 6.07) is 7.25. The van der Waals surface area contributed by atoms with E-state index in [0.717, 1.165) is 0 Å². The minimum atomic E-state index is -4.68. The van der Waals surface area contributed by atoms with Crippen LogP contribution in [-0.2, 0) is 0 Å². The smallest absolute Gasteiger partial charge is 0.406 e. The maximum absolute atomic E-state index is 11.8. The molecule has 0 heterocycles. The zero-order chi connectivity index (χ0) is 13.5. The van der Waals surface area contributed by atoms with Crippen molar-refractivity contribution in [2.45, 2.75) is 33.1 Å². The Morgan fingerprint density at radius 3 is 2.00 bits per heavy atom. The molecule has 1 aromatic rings. The maximum Gasteiger partial charge on any atom is 0.573 e. The average Bonchev–Trinajstić information content (AvgIpc) is 2.29. The van der Waals surface area contributed by atoms with E-state index in [9.17, 15) is 13.2 Å². The molecule has 0 fully saturated rings. The number of rotatable bonds is 2. The van der Waals surface area contributed by atoms with E-state index in [1.54, 1.807) is 6.92 Å². The standard InChI is InChI=1S/C10H8F3NO.C2H6/c1-7(6-14)8-2-4-9(5-3-8)15-10(11,12)13;1-2/h2-5,7H,1H3;1-2H3. The van der Waals surface area contributed by atoms with Gasteiger partial charge in [0.2, 0.25) is 0 Å². The third-order valence-corrected chi connectivity index (χ3v) is 1.81. The number of ether oxygens (including phenoxy) is 1. The van der Waals surface area contributed by atoms with E-state index in [0.29, 0.717) is 5.56 Å². The molecule has 0 bridgehead atoms. The molecule has 0 amide bonds. The molecule has 2 nitrogen and oxygen atoms in total. The van der Waals surface area contributed by atoms with Crippen molar-refractivity contribution < 1.29 is 17.9 Å². The number of hydrogen-bond donors (Lipinski definition) is 0. The minimum Gasteiger partial charge on any atom is -0.406 e. The van der Waals surface area contributed by atoms with Gasteiger partial charge in [0.25, 0.3) is 0 Å². The fourth-order valence-electron chi connectivity index (χ4n) is 1.03. The molecular weight excluding hydrogens is 231 g/mol. The highest BCUT2D eigenvalue weighted by atomic mass is 19.4. The minimum absolute atomic E-state index is 0.281. The SMILES string of the molecule is CC.CC(C#N)c1ccc(OC(F)(F)F)cc1. The first kappa shape index (κ1) is 15.3. The molecule has 0 aromatic heterocycles. The second kappa shape index (κ2) is 6.79. The number of nitrogens with zero attached hydrogens (tertiary/aromatic N) is 1. The molecule has 1 aromatic carbocycles. The van der Waals surface area contributed by atoms with Gasteiger partial charge >= 0.3 is 6.36 Å². The molecule has 0 saturated heterocycles. The Labute approximate surface area is 98.6 Å². The van der Waals surface area contributed by atoms with E-state index in [4.69, 9.17) is 5.26 Å². The molecule has 0 aliphatic heterocycles. The van der Waals surface area contributed by atoms with E-state index in [1.165, 1.54) is 24.3 Å². The molecule has 0 spiro atoms. The molecule has 94 valence electrons. The summed E-state index contributed by atoms with van der Waals surface area (Å²) in [5.41, 5.74) is 0.659. The van der Waals surface area contributed by atoms with Gasteiger partial charge in [0.15, 0.2) is 0 Å². The van der Waals surface area contributed by atoms with Gasteiger partial charge in [0, 0.05) is 0 Å². The molecule has 0 radical (unpaired) electrons. The summed E-state index contributed by atoms with van der Waals surface area (Å²) in [4.78, 5) is 0. The highest BCUT2D eigenvalue weighted by molar-refractivity contribution is 5.31. The molecule has 0 aliphatic carbocycles. The summed E-state index contributed by atoms with van der Waals surface area (Å²) < 4.78 is 39.1. The Kier molecular flexibility index (Phi) is 6.11. The molecule has 1 rings (SSSR count). The molecule has 1 unspecified atom stereocenters. The van der Waals surface area contributed by atoms with E-state index < -0.39 is 6.36 Å². The van der Waals surface area contributed by atoms with Crippen LogP contribution in [0.3, 0.4) is 0 Å². The lowest BCUT2D eigenvalue weighted by atomic mass is 10.0. The van der Waals surface area contributed by atoms with Crippen LogP contribution >= 0.6 is 0 Å². The van der Waals surface area contributed by atoms with Crippen LogP contribution in [0.2, 0.25) is 0 Å². The highest BCUT2D eigenvalue weighted by Gasteiger charge is 2.30. The normalized spacial score (nSPS) is 11.8. The van der Waals surface area contributed by atoms with Crippen molar-refractivity contribution in [3.63, 3.8) is 0 Å². The van der Waals surface area contributed by atoms with E-state index in [1.807, 2.05) is 19.9 Å². The number of benzene rings is 1. The lowest BCUT2D eigenvalue weighted by Gasteiger charge is -2.09. The first-order valence-electron chi connectivity index (χ1n) is 5.17. The third-order valence-electron chi connectivity index (χ3n) is 1.81. The second-order valence-electron chi connectivity index (χ2n) is 2.97. The van der Waals surface area contributed by atoms with Gasteiger partial charge in [-0.05, 0) is 24.6 Å². The Morgan fingerprint density at radius 2 is 1.65 bits per heavy atom. The van der Waals surface area contributed by atoms with Crippen LogP contribution in [-0.4, -0.2) is 6.36 Å². The van der Waals surface area contributed by atoms with Gasteiger partial charge in [-0.3, -0.25) is 0 Å². The van der Waals surface area contributed by atoms with Crippen molar-refractivity contribution >= 4 is 0 Å². The van der Waals surface area contributed by atoms with Gasteiger partial charge in [-0.1, -0.05) is 26.0 Å². The summed E-state index contributed by atoms with van der Waals surface area (Å²) in [6.07, 6.45) is -4.68. The van der Waals surface area contributed by atoms with Crippen molar-refractivity contribution in [1.29, 1.82) is 5.26 Å². The van der Waals surface area contributed by atoms with Gasteiger partial charge in [-0.25, -0.2) is 0 Å². The molecule has 0 aliphatic rings. The van der Waals surface area contributed by atoms with Crippen LogP contribution in [0, 0.1) is 11.3 Å². The fraction of sp³-hybridized carbons (Fsp3) is 0.417. The Hall–Kier alpha value is -1.70. The predicted octanol–water partition coefficient (Wildman–Crippen LogP) is 4.24. The molecule has 1 atom stereocenters. The van der Waals surface area contributed by atoms with Gasteiger partial charge < -0.3 is 4.74 Å². The Balaban J connectivity index is 0.00000121. The predicted molar refractivity (Wildman–Crippen MR) is 58.5 cm³/mol. The van der Waals surface area contributed by atoms with Crippen LogP contribution in [0.25, 0.3) is 0 Å². The Morgan fingerprint density at radius 1 is 1.18 bits per heavy atom. The molecule has 0 N–H and O–H groups in total. The highest BCUT2D eigenvalue weighted by Crippen LogP contribution is 2.24. The maximum atomic E-state index is 11.8. The average molecular weight is 245 g/mol.